The van der Waals surface area contributed by atoms with E-state index in [1.807, 2.05) is 0 Å². The molecule has 0 bridgehead atoms. The van der Waals surface area contributed by atoms with Gasteiger partial charge in [-0.2, -0.15) is 0 Å². The zero-order valence-electron chi connectivity index (χ0n) is 13.8. The van der Waals surface area contributed by atoms with Crippen LogP contribution in [0, 0.1) is 0 Å². The number of anilines is 1. The highest BCUT2D eigenvalue weighted by Crippen LogP contribution is 2.40. The first-order valence-electron chi connectivity index (χ1n) is 7.75. The molecule has 0 spiro atoms. The number of likely N-dealkylation sites (N-methyl/N-ethyl adjacent to an activating group) is 1. The largest absolute Gasteiger partial charge is 0.495 e. The Morgan fingerprint density at radius 1 is 1.43 bits per heavy atom. The molecule has 6 nitrogen and oxygen atoms in total. The molecular weight excluding hydrogens is 362 g/mol. The summed E-state index contributed by atoms with van der Waals surface area (Å²) in [5.41, 5.74) is 6.67. The van der Waals surface area contributed by atoms with E-state index in [4.69, 9.17) is 15.2 Å². The summed E-state index contributed by atoms with van der Waals surface area (Å²) in [5, 5.41) is 2.99. The van der Waals surface area contributed by atoms with E-state index >= 15 is 0 Å². The number of halogens is 1. The van der Waals surface area contributed by atoms with Gasteiger partial charge in [0, 0.05) is 12.6 Å². The fourth-order valence-electron chi connectivity index (χ4n) is 3.10. The fourth-order valence-corrected chi connectivity index (χ4v) is 3.71. The van der Waals surface area contributed by atoms with Crippen LogP contribution in [-0.2, 0) is 0 Å². The van der Waals surface area contributed by atoms with E-state index in [1.165, 1.54) is 20.6 Å². The second kappa shape index (κ2) is 7.88. The number of amides is 1. The Kier molecular flexibility index (Phi) is 6.12. The molecule has 0 saturated carbocycles. The van der Waals surface area contributed by atoms with E-state index in [0.717, 1.165) is 19.5 Å². The van der Waals surface area contributed by atoms with Crippen molar-refractivity contribution >= 4 is 27.5 Å². The van der Waals surface area contributed by atoms with Gasteiger partial charge in [-0.25, -0.2) is 0 Å². The number of benzene rings is 1. The van der Waals surface area contributed by atoms with Gasteiger partial charge < -0.3 is 20.5 Å². The highest BCUT2D eigenvalue weighted by molar-refractivity contribution is 9.10. The summed E-state index contributed by atoms with van der Waals surface area (Å²) in [7, 11) is 3.01. The molecule has 2 rings (SSSR count). The molecule has 1 unspecified atom stereocenters. The third-order valence-corrected chi connectivity index (χ3v) is 4.84. The number of nitrogen functional groups attached to an aromatic ring is 1. The SMILES string of the molecule is CCN1CCCC1CNC(=O)c1c(OC)c(N)cc(Br)c1OC. The summed E-state index contributed by atoms with van der Waals surface area (Å²) in [6, 6.07) is 2.05. The number of likely N-dealkylation sites (tertiary alicyclic amines) is 1. The van der Waals surface area contributed by atoms with Crippen molar-refractivity contribution in [2.75, 3.05) is 39.6 Å². The Hall–Kier alpha value is -1.47. The number of nitrogens with one attached hydrogen (secondary N) is 1. The lowest BCUT2D eigenvalue weighted by molar-refractivity contribution is 0.0935. The van der Waals surface area contributed by atoms with Crippen LogP contribution in [0.5, 0.6) is 11.5 Å². The van der Waals surface area contributed by atoms with Gasteiger partial charge in [0.1, 0.15) is 11.3 Å². The average molecular weight is 386 g/mol. The molecule has 1 aromatic carbocycles. The van der Waals surface area contributed by atoms with Crippen molar-refractivity contribution in [3.8, 4) is 11.5 Å². The van der Waals surface area contributed by atoms with Crippen LogP contribution in [0.2, 0.25) is 0 Å². The third-order valence-electron chi connectivity index (χ3n) is 4.25. The number of hydrogen-bond donors (Lipinski definition) is 2. The lowest BCUT2D eigenvalue weighted by atomic mass is 10.1. The number of methoxy groups -OCH3 is 2. The lowest BCUT2D eigenvalue weighted by Crippen LogP contribution is -2.40. The molecule has 0 aliphatic carbocycles. The summed E-state index contributed by atoms with van der Waals surface area (Å²) in [5.74, 6) is 0.517. The molecule has 3 N–H and O–H groups in total. The number of nitrogens with two attached hydrogens (primary N) is 1. The molecule has 1 fully saturated rings. The smallest absolute Gasteiger partial charge is 0.259 e. The molecule has 0 aromatic heterocycles. The molecule has 1 aliphatic rings. The Balaban J connectivity index is 2.21. The molecule has 7 heteroatoms. The van der Waals surface area contributed by atoms with Crippen LogP contribution >= 0.6 is 15.9 Å². The molecule has 1 aliphatic heterocycles. The maximum Gasteiger partial charge on any atom is 0.259 e. The van der Waals surface area contributed by atoms with Crippen molar-refractivity contribution in [3.05, 3.63) is 16.1 Å². The Morgan fingerprint density at radius 2 is 2.13 bits per heavy atom. The minimum atomic E-state index is -0.241. The maximum atomic E-state index is 12.7. The minimum absolute atomic E-state index is 0.241. The number of ether oxygens (including phenoxy) is 2. The Bertz CT molecular complexity index is 552. The van der Waals surface area contributed by atoms with E-state index in [0.29, 0.717) is 39.8 Å². The first-order chi connectivity index (χ1) is 11.0. The number of carbonyl (C=O) groups excluding carboxylic acids is 1. The second-order valence-corrected chi connectivity index (χ2v) is 6.38. The van der Waals surface area contributed by atoms with Crippen LogP contribution in [0.4, 0.5) is 5.69 Å². The summed E-state index contributed by atoms with van der Waals surface area (Å²) in [6.07, 6.45) is 2.27. The summed E-state index contributed by atoms with van der Waals surface area (Å²) in [6.45, 7) is 4.83. The summed E-state index contributed by atoms with van der Waals surface area (Å²) < 4.78 is 11.3. The van der Waals surface area contributed by atoms with Crippen molar-refractivity contribution < 1.29 is 14.3 Å². The molecule has 128 valence electrons. The zero-order valence-corrected chi connectivity index (χ0v) is 15.4. The molecule has 1 aromatic rings. The third kappa shape index (κ3) is 3.72. The maximum absolute atomic E-state index is 12.7. The highest BCUT2D eigenvalue weighted by atomic mass is 79.9. The minimum Gasteiger partial charge on any atom is -0.495 e. The quantitative estimate of drug-likeness (QED) is 0.734. The van der Waals surface area contributed by atoms with E-state index in [-0.39, 0.29) is 5.91 Å². The average Bonchev–Trinajstić information content (AvgIpc) is 2.99. The molecule has 1 heterocycles. The van der Waals surface area contributed by atoms with Crippen LogP contribution < -0.4 is 20.5 Å². The van der Waals surface area contributed by atoms with Crippen LogP contribution in [0.3, 0.4) is 0 Å². The van der Waals surface area contributed by atoms with Crippen LogP contribution in [0.1, 0.15) is 30.1 Å². The van der Waals surface area contributed by atoms with E-state index < -0.39 is 0 Å². The molecular formula is C16H24BrN3O3. The van der Waals surface area contributed by atoms with Gasteiger partial charge in [-0.15, -0.1) is 0 Å². The molecule has 23 heavy (non-hydrogen) atoms. The number of carbonyl (C=O) groups is 1. The molecule has 1 amide bonds. The number of rotatable bonds is 6. The number of hydrogen-bond acceptors (Lipinski definition) is 5. The summed E-state index contributed by atoms with van der Waals surface area (Å²) >= 11 is 3.38. The molecule has 0 radical (unpaired) electrons. The van der Waals surface area contributed by atoms with Crippen molar-refractivity contribution in [2.24, 2.45) is 0 Å². The van der Waals surface area contributed by atoms with E-state index in [1.54, 1.807) is 6.07 Å². The first kappa shape index (κ1) is 17.9. The number of nitrogens with zero attached hydrogens (tertiary/aromatic N) is 1. The predicted molar refractivity (Wildman–Crippen MR) is 94.3 cm³/mol. The second-order valence-electron chi connectivity index (χ2n) is 5.52. The van der Waals surface area contributed by atoms with Gasteiger partial charge in [0.15, 0.2) is 5.75 Å². The summed E-state index contributed by atoms with van der Waals surface area (Å²) in [4.78, 5) is 15.1. The van der Waals surface area contributed by atoms with Crippen LogP contribution in [0.25, 0.3) is 0 Å². The fraction of sp³-hybridized carbons (Fsp3) is 0.562. The van der Waals surface area contributed by atoms with Crippen molar-refractivity contribution in [2.45, 2.75) is 25.8 Å². The Morgan fingerprint density at radius 3 is 2.74 bits per heavy atom. The topological polar surface area (TPSA) is 76.8 Å². The predicted octanol–water partition coefficient (Wildman–Crippen LogP) is 2.26. The van der Waals surface area contributed by atoms with E-state index in [9.17, 15) is 4.79 Å². The van der Waals surface area contributed by atoms with Crippen molar-refractivity contribution in [1.29, 1.82) is 0 Å². The standard InChI is InChI=1S/C16H24BrN3O3/c1-4-20-7-5-6-10(20)9-19-16(21)13-14(22-2)11(17)8-12(18)15(13)23-3/h8,10H,4-7,9,18H2,1-3H3,(H,19,21). The van der Waals surface area contributed by atoms with Crippen LogP contribution in [-0.4, -0.2) is 50.7 Å². The van der Waals surface area contributed by atoms with Crippen molar-refractivity contribution in [3.63, 3.8) is 0 Å². The van der Waals surface area contributed by atoms with Crippen LogP contribution in [0.15, 0.2) is 10.5 Å². The highest BCUT2D eigenvalue weighted by Gasteiger charge is 2.27. The van der Waals surface area contributed by atoms with Gasteiger partial charge in [-0.1, -0.05) is 6.92 Å². The first-order valence-corrected chi connectivity index (χ1v) is 8.54. The molecule has 1 atom stereocenters. The normalized spacial score (nSPS) is 18.0. The van der Waals surface area contributed by atoms with Gasteiger partial charge in [-0.3, -0.25) is 9.69 Å². The Labute approximate surface area is 145 Å². The van der Waals surface area contributed by atoms with Gasteiger partial charge in [0.25, 0.3) is 5.91 Å². The van der Waals surface area contributed by atoms with Gasteiger partial charge in [0.2, 0.25) is 0 Å². The van der Waals surface area contributed by atoms with Gasteiger partial charge in [-0.05, 0) is 47.9 Å². The monoisotopic (exact) mass is 385 g/mol. The van der Waals surface area contributed by atoms with Gasteiger partial charge in [0.05, 0.1) is 24.4 Å². The van der Waals surface area contributed by atoms with Gasteiger partial charge >= 0.3 is 0 Å². The zero-order chi connectivity index (χ0) is 17.0. The van der Waals surface area contributed by atoms with E-state index in [2.05, 4.69) is 33.1 Å². The molecule has 1 saturated heterocycles. The lowest BCUT2D eigenvalue weighted by Gasteiger charge is -2.23. The van der Waals surface area contributed by atoms with Crippen molar-refractivity contribution in [1.82, 2.24) is 10.2 Å².